The smallest absolute Gasteiger partial charge is 0.330 e. The monoisotopic (exact) mass is 291 g/mol. The summed E-state index contributed by atoms with van der Waals surface area (Å²) in [6.07, 6.45) is 3.69. The standard InChI is InChI=1S/C15H19O4Si/c1-4-13(16)19-10-6-5-7-11-8-9-12(20)15(18-3)14(11)17-2/h4,8-9H,1,5-7,10H2,2-3H3. The number of aryl methyl sites for hydroxylation is 1. The number of rotatable bonds is 8. The number of hydrogen-bond donors (Lipinski definition) is 0. The number of ether oxygens (including phenoxy) is 3. The molecule has 3 radical (unpaired) electrons. The van der Waals surface area contributed by atoms with Crippen LogP contribution in [0.4, 0.5) is 0 Å². The lowest BCUT2D eigenvalue weighted by atomic mass is 10.1. The number of methoxy groups -OCH3 is 2. The Morgan fingerprint density at radius 1 is 1.25 bits per heavy atom. The third-order valence-corrected chi connectivity index (χ3v) is 3.25. The van der Waals surface area contributed by atoms with Gasteiger partial charge in [0.05, 0.1) is 31.1 Å². The molecule has 0 aliphatic rings. The van der Waals surface area contributed by atoms with Crippen LogP contribution in [0.5, 0.6) is 11.5 Å². The summed E-state index contributed by atoms with van der Waals surface area (Å²) in [6, 6.07) is 3.94. The molecule has 0 saturated carbocycles. The number of unbranched alkanes of at least 4 members (excludes halogenated alkanes) is 1. The molecule has 0 amide bonds. The molecule has 0 atom stereocenters. The van der Waals surface area contributed by atoms with Crippen LogP contribution in [0.2, 0.25) is 0 Å². The van der Waals surface area contributed by atoms with Gasteiger partial charge in [-0.3, -0.25) is 0 Å². The highest BCUT2D eigenvalue weighted by molar-refractivity contribution is 6.34. The summed E-state index contributed by atoms with van der Waals surface area (Å²) in [5.74, 6) is 1.05. The second-order valence-electron chi connectivity index (χ2n) is 4.17. The molecule has 0 heterocycles. The van der Waals surface area contributed by atoms with Gasteiger partial charge in [0.1, 0.15) is 0 Å². The van der Waals surface area contributed by atoms with Gasteiger partial charge in [-0.1, -0.05) is 18.7 Å². The average Bonchev–Trinajstić information content (AvgIpc) is 2.47. The van der Waals surface area contributed by atoms with Crippen molar-refractivity contribution in [2.45, 2.75) is 19.3 Å². The van der Waals surface area contributed by atoms with Crippen LogP contribution >= 0.6 is 0 Å². The zero-order valence-corrected chi connectivity index (χ0v) is 12.9. The van der Waals surface area contributed by atoms with Crippen LogP contribution in [0, 0.1) is 0 Å². The third-order valence-electron chi connectivity index (χ3n) is 2.85. The van der Waals surface area contributed by atoms with Gasteiger partial charge in [-0.25, -0.2) is 4.79 Å². The average molecular weight is 291 g/mol. The summed E-state index contributed by atoms with van der Waals surface area (Å²) >= 11 is 0. The van der Waals surface area contributed by atoms with Crippen molar-refractivity contribution >= 4 is 21.4 Å². The minimum atomic E-state index is -0.382. The van der Waals surface area contributed by atoms with Gasteiger partial charge in [0.15, 0.2) is 11.5 Å². The Bertz CT molecular complexity index is 471. The Morgan fingerprint density at radius 2 is 1.95 bits per heavy atom. The zero-order valence-electron chi connectivity index (χ0n) is 11.9. The van der Waals surface area contributed by atoms with Crippen LogP contribution in [0.1, 0.15) is 18.4 Å². The molecule has 0 N–H and O–H groups in total. The van der Waals surface area contributed by atoms with Gasteiger partial charge >= 0.3 is 5.97 Å². The van der Waals surface area contributed by atoms with Crippen molar-refractivity contribution in [3.63, 3.8) is 0 Å². The maximum atomic E-state index is 10.9. The number of esters is 1. The molecule has 5 heteroatoms. The van der Waals surface area contributed by atoms with Crippen LogP contribution in [0.3, 0.4) is 0 Å². The summed E-state index contributed by atoms with van der Waals surface area (Å²) in [6.45, 7) is 3.75. The van der Waals surface area contributed by atoms with Gasteiger partial charge in [-0.2, -0.15) is 0 Å². The molecule has 0 bridgehead atoms. The minimum Gasteiger partial charge on any atom is -0.493 e. The Labute approximate surface area is 123 Å². The van der Waals surface area contributed by atoms with Crippen LogP contribution in [-0.2, 0) is 16.0 Å². The highest BCUT2D eigenvalue weighted by Crippen LogP contribution is 2.29. The molecule has 107 valence electrons. The molecule has 0 aliphatic carbocycles. The Morgan fingerprint density at radius 3 is 2.55 bits per heavy atom. The lowest BCUT2D eigenvalue weighted by molar-refractivity contribution is -0.137. The molecule has 0 spiro atoms. The van der Waals surface area contributed by atoms with Crippen LogP contribution < -0.4 is 14.7 Å². The summed E-state index contributed by atoms with van der Waals surface area (Å²) in [5, 5.41) is 0.855. The second-order valence-corrected chi connectivity index (χ2v) is 4.71. The SMILES string of the molecule is C=CC(=O)OCCCCc1ccc([Si])c(OC)c1OC. The molecule has 0 aliphatic heterocycles. The van der Waals surface area contributed by atoms with E-state index in [9.17, 15) is 4.79 Å². The van der Waals surface area contributed by atoms with Gasteiger partial charge in [0.2, 0.25) is 0 Å². The van der Waals surface area contributed by atoms with Crippen LogP contribution in [-0.4, -0.2) is 37.0 Å². The maximum absolute atomic E-state index is 10.9. The van der Waals surface area contributed by atoms with Crippen molar-refractivity contribution in [3.05, 3.63) is 30.4 Å². The minimum absolute atomic E-state index is 0.382. The molecule has 1 rings (SSSR count). The van der Waals surface area contributed by atoms with Gasteiger partial charge in [0, 0.05) is 6.08 Å². The number of benzene rings is 1. The van der Waals surface area contributed by atoms with Crippen LogP contribution in [0.25, 0.3) is 0 Å². The Balaban J connectivity index is 2.56. The van der Waals surface area contributed by atoms with Crippen LogP contribution in [0.15, 0.2) is 24.8 Å². The number of hydrogen-bond acceptors (Lipinski definition) is 4. The molecule has 0 aromatic heterocycles. The molecule has 0 unspecified atom stereocenters. The van der Waals surface area contributed by atoms with E-state index in [1.807, 2.05) is 12.1 Å². The predicted octanol–water partition coefficient (Wildman–Crippen LogP) is 1.55. The van der Waals surface area contributed by atoms with E-state index in [-0.39, 0.29) is 5.97 Å². The first kappa shape index (κ1) is 16.3. The first-order valence-electron chi connectivity index (χ1n) is 6.38. The highest BCUT2D eigenvalue weighted by Gasteiger charge is 2.12. The lowest BCUT2D eigenvalue weighted by Crippen LogP contribution is -2.10. The fourth-order valence-electron chi connectivity index (χ4n) is 1.88. The number of carbonyl (C=O) groups excluding carboxylic acids is 1. The lowest BCUT2D eigenvalue weighted by Gasteiger charge is -2.14. The normalized spacial score (nSPS) is 9.95. The van der Waals surface area contributed by atoms with E-state index in [1.165, 1.54) is 6.08 Å². The van der Waals surface area contributed by atoms with Gasteiger partial charge < -0.3 is 14.2 Å². The fourth-order valence-corrected chi connectivity index (χ4v) is 2.17. The van der Waals surface area contributed by atoms with Gasteiger partial charge in [-0.05, 0) is 30.0 Å². The molecular formula is C15H19O4Si. The molecular weight excluding hydrogens is 272 g/mol. The quantitative estimate of drug-likeness (QED) is 0.315. The Kier molecular flexibility index (Phi) is 6.87. The molecule has 20 heavy (non-hydrogen) atoms. The second kappa shape index (κ2) is 8.42. The van der Waals surface area contributed by atoms with E-state index in [0.717, 1.165) is 35.8 Å². The summed E-state index contributed by atoms with van der Waals surface area (Å²) < 4.78 is 15.7. The molecule has 1 aromatic rings. The van der Waals surface area contributed by atoms with E-state index < -0.39 is 0 Å². The summed E-state index contributed by atoms with van der Waals surface area (Å²) in [4.78, 5) is 10.9. The third kappa shape index (κ3) is 4.42. The van der Waals surface area contributed by atoms with Crippen molar-refractivity contribution in [1.82, 2.24) is 0 Å². The van der Waals surface area contributed by atoms with E-state index in [0.29, 0.717) is 12.4 Å². The molecule has 0 fully saturated rings. The zero-order chi connectivity index (χ0) is 15.0. The summed E-state index contributed by atoms with van der Waals surface area (Å²) in [7, 11) is 6.72. The van der Waals surface area contributed by atoms with E-state index in [2.05, 4.69) is 16.8 Å². The highest BCUT2D eigenvalue weighted by atomic mass is 28.1. The maximum Gasteiger partial charge on any atom is 0.330 e. The molecule has 4 nitrogen and oxygen atoms in total. The summed E-state index contributed by atoms with van der Waals surface area (Å²) in [5.41, 5.74) is 1.07. The van der Waals surface area contributed by atoms with Crippen molar-refractivity contribution in [1.29, 1.82) is 0 Å². The molecule has 1 aromatic carbocycles. The number of carbonyl (C=O) groups is 1. The topological polar surface area (TPSA) is 44.8 Å². The van der Waals surface area contributed by atoms with E-state index >= 15 is 0 Å². The van der Waals surface area contributed by atoms with E-state index in [4.69, 9.17) is 14.2 Å². The fraction of sp³-hybridized carbons (Fsp3) is 0.400. The largest absolute Gasteiger partial charge is 0.493 e. The first-order chi connectivity index (χ1) is 9.63. The van der Waals surface area contributed by atoms with Crippen molar-refractivity contribution in [2.24, 2.45) is 0 Å². The van der Waals surface area contributed by atoms with Gasteiger partial charge in [-0.15, -0.1) is 0 Å². The van der Waals surface area contributed by atoms with E-state index in [1.54, 1.807) is 14.2 Å². The van der Waals surface area contributed by atoms with Crippen molar-refractivity contribution in [2.75, 3.05) is 20.8 Å². The van der Waals surface area contributed by atoms with Crippen molar-refractivity contribution < 1.29 is 19.0 Å². The van der Waals surface area contributed by atoms with Gasteiger partial charge in [0.25, 0.3) is 0 Å². The first-order valence-corrected chi connectivity index (χ1v) is 6.88. The molecule has 0 saturated heterocycles. The Hall–Kier alpha value is -1.75. The predicted molar refractivity (Wildman–Crippen MR) is 79.0 cm³/mol. The van der Waals surface area contributed by atoms with Crippen molar-refractivity contribution in [3.8, 4) is 11.5 Å².